The second-order valence-electron chi connectivity index (χ2n) is 2.41. The van der Waals surface area contributed by atoms with Gasteiger partial charge >= 0.3 is 5.97 Å². The maximum absolute atomic E-state index is 11.3. The van der Waals surface area contributed by atoms with E-state index in [0.717, 1.165) is 5.75 Å². The molecular formula is C10H12O2S. The van der Waals surface area contributed by atoms with Crippen molar-refractivity contribution >= 4 is 17.7 Å². The molecule has 0 bridgehead atoms. The minimum absolute atomic E-state index is 0.249. The van der Waals surface area contributed by atoms with Crippen molar-refractivity contribution in [1.82, 2.24) is 0 Å². The van der Waals surface area contributed by atoms with Crippen LogP contribution in [0.4, 0.5) is 0 Å². The zero-order chi connectivity index (χ0) is 9.52. The van der Waals surface area contributed by atoms with Crippen LogP contribution in [0.15, 0.2) is 30.3 Å². The Bertz CT molecular complexity index is 259. The lowest BCUT2D eigenvalue weighted by Crippen LogP contribution is -2.04. The van der Waals surface area contributed by atoms with Crippen molar-refractivity contribution in [3.05, 3.63) is 35.9 Å². The maximum atomic E-state index is 11.3. The van der Waals surface area contributed by atoms with E-state index in [1.807, 2.05) is 25.1 Å². The molecule has 70 valence electrons. The van der Waals surface area contributed by atoms with E-state index in [1.54, 1.807) is 23.9 Å². The molecule has 0 aliphatic rings. The number of esters is 1. The normalized spacial score (nSPS) is 9.62. The molecule has 0 saturated carbocycles. The summed E-state index contributed by atoms with van der Waals surface area (Å²) in [5.74, 6) is 1.15. The van der Waals surface area contributed by atoms with Crippen LogP contribution in [0.2, 0.25) is 0 Å². The molecule has 3 heteroatoms. The summed E-state index contributed by atoms with van der Waals surface area (Å²) in [6.07, 6.45) is 0. The van der Waals surface area contributed by atoms with E-state index in [1.165, 1.54) is 0 Å². The summed E-state index contributed by atoms with van der Waals surface area (Å²) in [5, 5.41) is 0. The second kappa shape index (κ2) is 5.65. The number of hydrogen-bond donors (Lipinski definition) is 0. The number of rotatable bonds is 4. The van der Waals surface area contributed by atoms with Crippen molar-refractivity contribution in [1.29, 1.82) is 0 Å². The first-order valence-electron chi connectivity index (χ1n) is 4.14. The summed E-state index contributed by atoms with van der Waals surface area (Å²) in [4.78, 5) is 11.3. The third kappa shape index (κ3) is 3.51. The monoisotopic (exact) mass is 196 g/mol. The molecule has 0 N–H and O–H groups in total. The number of carbonyl (C=O) groups is 1. The van der Waals surface area contributed by atoms with Crippen LogP contribution in [0, 0.1) is 0 Å². The lowest BCUT2D eigenvalue weighted by molar-refractivity contribution is 0.0579. The van der Waals surface area contributed by atoms with E-state index in [0.29, 0.717) is 11.5 Å². The van der Waals surface area contributed by atoms with Crippen LogP contribution in [0.1, 0.15) is 17.3 Å². The van der Waals surface area contributed by atoms with Gasteiger partial charge in [-0.3, -0.25) is 0 Å². The molecule has 0 saturated heterocycles. The summed E-state index contributed by atoms with van der Waals surface area (Å²) in [5.41, 5.74) is 0.610. The van der Waals surface area contributed by atoms with E-state index in [4.69, 9.17) is 4.74 Å². The summed E-state index contributed by atoms with van der Waals surface area (Å²) < 4.78 is 4.99. The van der Waals surface area contributed by atoms with Gasteiger partial charge in [0.2, 0.25) is 0 Å². The first kappa shape index (κ1) is 10.1. The van der Waals surface area contributed by atoms with Gasteiger partial charge in [0.15, 0.2) is 0 Å². The molecule has 1 aromatic carbocycles. The van der Waals surface area contributed by atoms with Crippen molar-refractivity contribution in [2.45, 2.75) is 6.92 Å². The van der Waals surface area contributed by atoms with E-state index >= 15 is 0 Å². The highest BCUT2D eigenvalue weighted by Gasteiger charge is 2.04. The molecule has 13 heavy (non-hydrogen) atoms. The predicted octanol–water partition coefficient (Wildman–Crippen LogP) is 2.55. The van der Waals surface area contributed by atoms with E-state index in [9.17, 15) is 4.79 Å². The molecule has 1 aromatic rings. The van der Waals surface area contributed by atoms with Crippen LogP contribution < -0.4 is 0 Å². The Balaban J connectivity index is 2.40. The topological polar surface area (TPSA) is 26.3 Å². The number of carbonyl (C=O) groups excluding carboxylic acids is 1. The van der Waals surface area contributed by atoms with Crippen LogP contribution in [0.25, 0.3) is 0 Å². The highest BCUT2D eigenvalue weighted by atomic mass is 32.2. The quantitative estimate of drug-likeness (QED) is 0.420. The van der Waals surface area contributed by atoms with Crippen molar-refractivity contribution in [2.24, 2.45) is 0 Å². The van der Waals surface area contributed by atoms with E-state index in [2.05, 4.69) is 0 Å². The molecule has 0 fully saturated rings. The molecular weight excluding hydrogens is 184 g/mol. The fraction of sp³-hybridized carbons (Fsp3) is 0.300. The minimum atomic E-state index is -0.249. The Hall–Kier alpha value is -0.960. The Labute approximate surface area is 82.3 Å². The highest BCUT2D eigenvalue weighted by Crippen LogP contribution is 2.04. The summed E-state index contributed by atoms with van der Waals surface area (Å²) >= 11 is 1.59. The van der Waals surface area contributed by atoms with Crippen LogP contribution in [-0.4, -0.2) is 17.7 Å². The van der Waals surface area contributed by atoms with Gasteiger partial charge in [-0.25, -0.2) is 4.79 Å². The summed E-state index contributed by atoms with van der Waals surface area (Å²) in [6.45, 7) is 2.03. The molecule has 2 nitrogen and oxygen atoms in total. The van der Waals surface area contributed by atoms with Gasteiger partial charge in [0.1, 0.15) is 5.94 Å². The van der Waals surface area contributed by atoms with Gasteiger partial charge in [-0.05, 0) is 17.9 Å². The third-order valence-corrected chi connectivity index (χ3v) is 2.18. The lowest BCUT2D eigenvalue weighted by Gasteiger charge is -2.02. The smallest absolute Gasteiger partial charge is 0.338 e. The zero-order valence-corrected chi connectivity index (χ0v) is 8.34. The number of ether oxygens (including phenoxy) is 1. The number of thioether (sulfide) groups is 1. The highest BCUT2D eigenvalue weighted by molar-refractivity contribution is 7.99. The van der Waals surface area contributed by atoms with Crippen molar-refractivity contribution in [2.75, 3.05) is 11.7 Å². The van der Waals surface area contributed by atoms with Gasteiger partial charge in [0.05, 0.1) is 5.56 Å². The molecule has 0 radical (unpaired) electrons. The van der Waals surface area contributed by atoms with Gasteiger partial charge < -0.3 is 4.74 Å². The third-order valence-electron chi connectivity index (χ3n) is 1.49. The van der Waals surface area contributed by atoms with Crippen LogP contribution in [0.5, 0.6) is 0 Å². The number of benzene rings is 1. The molecule has 0 unspecified atom stereocenters. The summed E-state index contributed by atoms with van der Waals surface area (Å²) in [7, 11) is 0. The average molecular weight is 196 g/mol. The predicted molar refractivity (Wildman–Crippen MR) is 54.9 cm³/mol. The number of hydrogen-bond acceptors (Lipinski definition) is 3. The summed E-state index contributed by atoms with van der Waals surface area (Å²) in [6, 6.07) is 9.02. The molecule has 0 spiro atoms. The molecule has 0 atom stereocenters. The van der Waals surface area contributed by atoms with Crippen LogP contribution in [-0.2, 0) is 4.74 Å². The average Bonchev–Trinajstić information content (AvgIpc) is 2.19. The molecule has 0 aliphatic carbocycles. The molecule has 0 heterocycles. The fourth-order valence-electron chi connectivity index (χ4n) is 0.836. The van der Waals surface area contributed by atoms with Crippen molar-refractivity contribution in [3.63, 3.8) is 0 Å². The maximum Gasteiger partial charge on any atom is 0.338 e. The first-order valence-corrected chi connectivity index (χ1v) is 5.30. The van der Waals surface area contributed by atoms with Gasteiger partial charge in [0, 0.05) is 0 Å². The van der Waals surface area contributed by atoms with Crippen LogP contribution >= 0.6 is 11.8 Å². The lowest BCUT2D eigenvalue weighted by atomic mass is 10.2. The fourth-order valence-corrected chi connectivity index (χ4v) is 1.19. The zero-order valence-electron chi connectivity index (χ0n) is 7.53. The van der Waals surface area contributed by atoms with Gasteiger partial charge in [0.25, 0.3) is 0 Å². The standard InChI is InChI=1S/C10H12O2S/c1-2-13-8-12-10(11)9-6-4-3-5-7-9/h3-7H,2,8H2,1H3. The van der Waals surface area contributed by atoms with E-state index < -0.39 is 0 Å². The van der Waals surface area contributed by atoms with Gasteiger partial charge in [-0.1, -0.05) is 25.1 Å². The van der Waals surface area contributed by atoms with Crippen molar-refractivity contribution in [3.8, 4) is 0 Å². The van der Waals surface area contributed by atoms with Gasteiger partial charge in [-0.15, -0.1) is 11.8 Å². The molecule has 0 aromatic heterocycles. The van der Waals surface area contributed by atoms with E-state index in [-0.39, 0.29) is 5.97 Å². The minimum Gasteiger partial charge on any atom is -0.451 e. The SMILES string of the molecule is CCSCOC(=O)c1ccccc1. The van der Waals surface area contributed by atoms with Gasteiger partial charge in [-0.2, -0.15) is 0 Å². The Morgan fingerprint density at radius 2 is 2.08 bits per heavy atom. The second-order valence-corrected chi connectivity index (χ2v) is 3.63. The first-order chi connectivity index (χ1) is 6.34. The largest absolute Gasteiger partial charge is 0.451 e. The Morgan fingerprint density at radius 3 is 2.69 bits per heavy atom. The molecule has 0 amide bonds. The molecule has 0 aliphatic heterocycles. The Morgan fingerprint density at radius 1 is 1.38 bits per heavy atom. The van der Waals surface area contributed by atoms with Crippen LogP contribution in [0.3, 0.4) is 0 Å². The van der Waals surface area contributed by atoms with Crippen molar-refractivity contribution < 1.29 is 9.53 Å². The molecule has 1 rings (SSSR count). The Kier molecular flexibility index (Phi) is 4.40.